The zero-order chi connectivity index (χ0) is 11.3. The van der Waals surface area contributed by atoms with Crippen molar-refractivity contribution in [3.05, 3.63) is 35.4 Å². The minimum atomic E-state index is -0.795. The van der Waals surface area contributed by atoms with Crippen molar-refractivity contribution in [2.75, 3.05) is 27.2 Å². The molecule has 0 atom stereocenters. The van der Waals surface area contributed by atoms with Gasteiger partial charge in [0.25, 0.3) is 0 Å². The monoisotopic (exact) mass is 214 g/mol. The van der Waals surface area contributed by atoms with Crippen LogP contribution in [-0.2, 0) is 6.54 Å². The lowest BCUT2D eigenvalue weighted by Crippen LogP contribution is -2.26. The molecule has 0 aliphatic carbocycles. The molecule has 0 spiro atoms. The van der Waals surface area contributed by atoms with Gasteiger partial charge in [-0.15, -0.1) is 0 Å². The van der Waals surface area contributed by atoms with Crippen molar-refractivity contribution in [2.24, 2.45) is 0 Å². The first-order chi connectivity index (χ1) is 7.13. The van der Waals surface area contributed by atoms with Crippen LogP contribution in [0.4, 0.5) is 8.78 Å². The highest BCUT2D eigenvalue weighted by Crippen LogP contribution is 2.09. The second kappa shape index (κ2) is 5.78. The van der Waals surface area contributed by atoms with Crippen molar-refractivity contribution >= 4 is 0 Å². The van der Waals surface area contributed by atoms with Crippen LogP contribution in [0.25, 0.3) is 0 Å². The van der Waals surface area contributed by atoms with Crippen molar-refractivity contribution in [3.63, 3.8) is 0 Å². The van der Waals surface area contributed by atoms with Crippen LogP contribution in [0.3, 0.4) is 0 Å². The topological polar surface area (TPSA) is 15.3 Å². The summed E-state index contributed by atoms with van der Waals surface area (Å²) in [5.74, 6) is -1.58. The molecule has 0 heterocycles. The van der Waals surface area contributed by atoms with Gasteiger partial charge in [-0.2, -0.15) is 0 Å². The number of hydrogen-bond acceptors (Lipinski definition) is 2. The minimum absolute atomic E-state index is 0.624. The Labute approximate surface area is 88.9 Å². The van der Waals surface area contributed by atoms with Crippen molar-refractivity contribution in [1.82, 2.24) is 10.2 Å². The van der Waals surface area contributed by atoms with Crippen molar-refractivity contribution in [2.45, 2.75) is 6.54 Å². The van der Waals surface area contributed by atoms with Gasteiger partial charge in [-0.3, -0.25) is 0 Å². The van der Waals surface area contributed by atoms with Gasteiger partial charge in [0, 0.05) is 19.6 Å². The van der Waals surface area contributed by atoms with Gasteiger partial charge in [0.1, 0.15) is 0 Å². The average molecular weight is 214 g/mol. The molecule has 0 aromatic heterocycles. The SMILES string of the molecule is CNCCN(C)Cc1ccc(F)c(F)c1. The Morgan fingerprint density at radius 3 is 2.60 bits per heavy atom. The van der Waals surface area contributed by atoms with E-state index in [1.54, 1.807) is 6.07 Å². The number of rotatable bonds is 5. The van der Waals surface area contributed by atoms with Crippen LogP contribution in [0, 0.1) is 11.6 Å². The van der Waals surface area contributed by atoms with Crippen LogP contribution in [0.1, 0.15) is 5.56 Å². The van der Waals surface area contributed by atoms with E-state index in [-0.39, 0.29) is 0 Å². The molecule has 0 saturated carbocycles. The molecule has 1 aromatic carbocycles. The van der Waals surface area contributed by atoms with Crippen molar-refractivity contribution in [3.8, 4) is 0 Å². The van der Waals surface area contributed by atoms with Gasteiger partial charge in [0.15, 0.2) is 11.6 Å². The molecule has 0 aliphatic rings. The van der Waals surface area contributed by atoms with E-state index in [4.69, 9.17) is 0 Å². The van der Waals surface area contributed by atoms with E-state index in [0.717, 1.165) is 24.7 Å². The van der Waals surface area contributed by atoms with E-state index in [1.807, 2.05) is 19.0 Å². The standard InChI is InChI=1S/C11H16F2N2/c1-14-5-6-15(2)8-9-3-4-10(12)11(13)7-9/h3-4,7,14H,5-6,8H2,1-2H3. The van der Waals surface area contributed by atoms with Gasteiger partial charge in [0.2, 0.25) is 0 Å². The normalized spacial score (nSPS) is 11.0. The molecule has 0 bridgehead atoms. The van der Waals surface area contributed by atoms with Gasteiger partial charge in [-0.1, -0.05) is 6.07 Å². The van der Waals surface area contributed by atoms with E-state index in [9.17, 15) is 8.78 Å². The second-order valence-corrected chi connectivity index (χ2v) is 3.59. The van der Waals surface area contributed by atoms with E-state index >= 15 is 0 Å². The zero-order valence-corrected chi connectivity index (χ0v) is 9.06. The summed E-state index contributed by atoms with van der Waals surface area (Å²) in [6, 6.07) is 4.01. The summed E-state index contributed by atoms with van der Waals surface area (Å²) >= 11 is 0. The first-order valence-corrected chi connectivity index (χ1v) is 4.90. The van der Waals surface area contributed by atoms with Crippen molar-refractivity contribution < 1.29 is 8.78 Å². The summed E-state index contributed by atoms with van der Waals surface area (Å²) in [5, 5.41) is 3.03. The van der Waals surface area contributed by atoms with Crippen LogP contribution in [-0.4, -0.2) is 32.1 Å². The maximum absolute atomic E-state index is 12.9. The van der Waals surface area contributed by atoms with Crippen molar-refractivity contribution in [1.29, 1.82) is 0 Å². The molecule has 4 heteroatoms. The van der Waals surface area contributed by atoms with E-state index in [1.165, 1.54) is 6.07 Å². The van der Waals surface area contributed by atoms with E-state index in [2.05, 4.69) is 5.32 Å². The molecule has 84 valence electrons. The van der Waals surface area contributed by atoms with Gasteiger partial charge in [-0.25, -0.2) is 8.78 Å². The molecular formula is C11H16F2N2. The second-order valence-electron chi connectivity index (χ2n) is 3.59. The summed E-state index contributed by atoms with van der Waals surface area (Å²) in [5.41, 5.74) is 0.785. The predicted molar refractivity (Wildman–Crippen MR) is 56.6 cm³/mol. The summed E-state index contributed by atoms with van der Waals surface area (Å²) in [6.45, 7) is 2.37. The van der Waals surface area contributed by atoms with Crippen LogP contribution in [0.15, 0.2) is 18.2 Å². The van der Waals surface area contributed by atoms with Gasteiger partial charge >= 0.3 is 0 Å². The molecule has 0 amide bonds. The smallest absolute Gasteiger partial charge is 0.159 e. The molecule has 2 nitrogen and oxygen atoms in total. The third-order valence-electron chi connectivity index (χ3n) is 2.18. The Balaban J connectivity index is 2.53. The van der Waals surface area contributed by atoms with Crippen LogP contribution < -0.4 is 5.32 Å². The molecular weight excluding hydrogens is 198 g/mol. The largest absolute Gasteiger partial charge is 0.318 e. The molecule has 1 rings (SSSR count). The third-order valence-corrected chi connectivity index (χ3v) is 2.18. The van der Waals surface area contributed by atoms with Gasteiger partial charge in [-0.05, 0) is 31.8 Å². The Bertz CT molecular complexity index is 315. The fourth-order valence-electron chi connectivity index (χ4n) is 1.33. The van der Waals surface area contributed by atoms with E-state index in [0.29, 0.717) is 6.54 Å². The molecule has 0 radical (unpaired) electrons. The van der Waals surface area contributed by atoms with Gasteiger partial charge < -0.3 is 10.2 Å². The average Bonchev–Trinajstić information content (AvgIpc) is 2.20. The highest BCUT2D eigenvalue weighted by atomic mass is 19.2. The molecule has 1 aromatic rings. The maximum Gasteiger partial charge on any atom is 0.159 e. The Kier molecular flexibility index (Phi) is 4.65. The number of nitrogens with zero attached hydrogens (tertiary/aromatic N) is 1. The predicted octanol–water partition coefficient (Wildman–Crippen LogP) is 1.62. The van der Waals surface area contributed by atoms with Crippen LogP contribution >= 0.6 is 0 Å². The fourth-order valence-corrected chi connectivity index (χ4v) is 1.33. The molecule has 0 fully saturated rings. The number of hydrogen-bond donors (Lipinski definition) is 1. The first kappa shape index (κ1) is 12.1. The van der Waals surface area contributed by atoms with E-state index < -0.39 is 11.6 Å². The summed E-state index contributed by atoms with van der Waals surface area (Å²) in [6.07, 6.45) is 0. The summed E-state index contributed by atoms with van der Waals surface area (Å²) in [4.78, 5) is 2.04. The number of nitrogens with one attached hydrogen (secondary N) is 1. The molecule has 0 aliphatic heterocycles. The lowest BCUT2D eigenvalue weighted by atomic mass is 10.2. The molecule has 0 unspecified atom stereocenters. The lowest BCUT2D eigenvalue weighted by molar-refractivity contribution is 0.327. The number of benzene rings is 1. The van der Waals surface area contributed by atoms with Crippen LogP contribution in [0.5, 0.6) is 0 Å². The number of halogens is 2. The zero-order valence-electron chi connectivity index (χ0n) is 9.06. The molecule has 0 saturated heterocycles. The number of likely N-dealkylation sites (N-methyl/N-ethyl adjacent to an activating group) is 2. The first-order valence-electron chi connectivity index (χ1n) is 4.90. The van der Waals surface area contributed by atoms with Crippen LogP contribution in [0.2, 0.25) is 0 Å². The Hall–Kier alpha value is -1.00. The maximum atomic E-state index is 12.9. The summed E-state index contributed by atoms with van der Waals surface area (Å²) in [7, 11) is 3.82. The Morgan fingerprint density at radius 1 is 1.27 bits per heavy atom. The third kappa shape index (κ3) is 3.93. The fraction of sp³-hybridized carbons (Fsp3) is 0.455. The highest BCUT2D eigenvalue weighted by Gasteiger charge is 2.04. The minimum Gasteiger partial charge on any atom is -0.318 e. The molecule has 1 N–H and O–H groups in total. The van der Waals surface area contributed by atoms with Gasteiger partial charge in [0.05, 0.1) is 0 Å². The lowest BCUT2D eigenvalue weighted by Gasteiger charge is -2.16. The highest BCUT2D eigenvalue weighted by molar-refractivity contribution is 5.17. The summed E-state index contributed by atoms with van der Waals surface area (Å²) < 4.78 is 25.5. The molecule has 15 heavy (non-hydrogen) atoms. The Morgan fingerprint density at radius 2 is 2.00 bits per heavy atom. The quantitative estimate of drug-likeness (QED) is 0.801.